The van der Waals surface area contributed by atoms with E-state index in [0.29, 0.717) is 0 Å². The van der Waals surface area contributed by atoms with Crippen molar-refractivity contribution in [3.8, 4) is 0 Å². The largest absolute Gasteiger partial charge is 0.315 e. The van der Waals surface area contributed by atoms with E-state index in [1.54, 1.807) is 11.9 Å². The van der Waals surface area contributed by atoms with Crippen LogP contribution in [0.1, 0.15) is 12.8 Å². The Morgan fingerprint density at radius 2 is 2.62 bits per heavy atom. The van der Waals surface area contributed by atoms with Gasteiger partial charge in [-0.2, -0.15) is 0 Å². The normalized spacial score (nSPS) is 29.9. The fourth-order valence-electron chi connectivity index (χ4n) is 0.578. The first kappa shape index (κ1) is 6.13. The summed E-state index contributed by atoms with van der Waals surface area (Å²) < 4.78 is 3.05. The zero-order chi connectivity index (χ0) is 5.82. The molecule has 0 aromatic heterocycles. The van der Waals surface area contributed by atoms with Crippen molar-refractivity contribution in [1.82, 2.24) is 4.72 Å². The van der Waals surface area contributed by atoms with E-state index in [1.165, 1.54) is 0 Å². The van der Waals surface area contributed by atoms with Gasteiger partial charge in [0.05, 0.1) is 6.17 Å². The highest BCUT2D eigenvalue weighted by Gasteiger charge is 2.00. The van der Waals surface area contributed by atoms with E-state index < -0.39 is 0 Å². The third-order valence-corrected chi connectivity index (χ3v) is 1.80. The molecule has 3 N–H and O–H groups in total. The van der Waals surface area contributed by atoms with Crippen LogP contribution in [0, 0.1) is 0 Å². The molecule has 1 aliphatic rings. The second-order valence-corrected chi connectivity index (χ2v) is 2.53. The maximum atomic E-state index is 5.56. The van der Waals surface area contributed by atoms with Crippen LogP contribution in [0.15, 0.2) is 11.5 Å². The topological polar surface area (TPSA) is 38.0 Å². The van der Waals surface area contributed by atoms with Crippen LogP contribution in [-0.2, 0) is 0 Å². The summed E-state index contributed by atoms with van der Waals surface area (Å²) in [6.45, 7) is 0. The van der Waals surface area contributed by atoms with Gasteiger partial charge in [-0.05, 0) is 18.2 Å². The van der Waals surface area contributed by atoms with Gasteiger partial charge in [0.1, 0.15) is 0 Å². The van der Waals surface area contributed by atoms with Gasteiger partial charge in [0.15, 0.2) is 0 Å². The molecule has 8 heavy (non-hydrogen) atoms. The number of nitrogens with one attached hydrogen (secondary N) is 1. The van der Waals surface area contributed by atoms with Crippen LogP contribution in [0.3, 0.4) is 0 Å². The molecule has 0 spiro atoms. The average molecular weight is 130 g/mol. The Hall–Kier alpha value is 0.01000. The number of allylic oxidation sites excluding steroid dienone is 1. The summed E-state index contributed by atoms with van der Waals surface area (Å²) >= 11 is 1.57. The van der Waals surface area contributed by atoms with Crippen molar-refractivity contribution in [3.05, 3.63) is 11.5 Å². The van der Waals surface area contributed by atoms with Crippen LogP contribution >= 0.6 is 11.9 Å². The molecule has 0 aromatic carbocycles. The van der Waals surface area contributed by atoms with E-state index in [-0.39, 0.29) is 6.17 Å². The lowest BCUT2D eigenvalue weighted by molar-refractivity contribution is 0.614. The van der Waals surface area contributed by atoms with Crippen LogP contribution in [0.2, 0.25) is 0 Å². The van der Waals surface area contributed by atoms with E-state index in [4.69, 9.17) is 5.73 Å². The van der Waals surface area contributed by atoms with Crippen LogP contribution in [0.25, 0.3) is 0 Å². The Kier molecular flexibility index (Phi) is 2.39. The monoisotopic (exact) mass is 130 g/mol. The molecule has 46 valence electrons. The van der Waals surface area contributed by atoms with Gasteiger partial charge in [-0.15, -0.1) is 0 Å². The zero-order valence-corrected chi connectivity index (χ0v) is 5.45. The minimum Gasteiger partial charge on any atom is -0.315 e. The molecule has 0 aromatic rings. The van der Waals surface area contributed by atoms with Gasteiger partial charge in [0.25, 0.3) is 0 Å². The molecule has 1 heterocycles. The number of hydrogen-bond acceptors (Lipinski definition) is 3. The molecule has 1 rings (SSSR count). The highest BCUT2D eigenvalue weighted by atomic mass is 32.2. The maximum absolute atomic E-state index is 5.56. The average Bonchev–Trinajstić information content (AvgIpc) is 1.94. The Balaban J connectivity index is 2.28. The lowest BCUT2D eigenvalue weighted by atomic mass is 10.3. The molecule has 3 heteroatoms. The highest BCUT2D eigenvalue weighted by molar-refractivity contribution is 8.00. The van der Waals surface area contributed by atoms with Crippen molar-refractivity contribution >= 4 is 11.9 Å². The van der Waals surface area contributed by atoms with Gasteiger partial charge in [0.2, 0.25) is 0 Å². The third kappa shape index (κ3) is 1.86. The summed E-state index contributed by atoms with van der Waals surface area (Å²) in [5.74, 6) is 0. The fraction of sp³-hybridized carbons (Fsp3) is 0.600. The molecule has 0 aliphatic carbocycles. The van der Waals surface area contributed by atoms with Gasteiger partial charge in [-0.1, -0.05) is 18.0 Å². The van der Waals surface area contributed by atoms with Crippen molar-refractivity contribution in [2.45, 2.75) is 19.0 Å². The van der Waals surface area contributed by atoms with Crippen molar-refractivity contribution in [2.75, 3.05) is 0 Å². The summed E-state index contributed by atoms with van der Waals surface area (Å²) in [5, 5.41) is 2.03. The number of nitrogens with two attached hydrogens (primary N) is 1. The molecule has 0 fully saturated rings. The highest BCUT2D eigenvalue weighted by Crippen LogP contribution is 2.06. The Morgan fingerprint density at radius 3 is 3.50 bits per heavy atom. The molecular formula is C5H10N2S. The smallest absolute Gasteiger partial charge is 0.0648 e. The molecule has 1 atom stereocenters. The van der Waals surface area contributed by atoms with E-state index in [9.17, 15) is 0 Å². The van der Waals surface area contributed by atoms with Crippen LogP contribution < -0.4 is 10.5 Å². The first-order chi connectivity index (χ1) is 3.89. The predicted molar refractivity (Wildman–Crippen MR) is 37.1 cm³/mol. The van der Waals surface area contributed by atoms with Gasteiger partial charge in [-0.25, -0.2) is 4.72 Å². The van der Waals surface area contributed by atoms with Crippen molar-refractivity contribution in [2.24, 2.45) is 5.73 Å². The Bertz CT molecular complexity index is 82.4. The second kappa shape index (κ2) is 3.12. The summed E-state index contributed by atoms with van der Waals surface area (Å²) in [5.41, 5.74) is 5.56. The molecular weight excluding hydrogens is 120 g/mol. The Labute approximate surface area is 53.7 Å². The molecule has 0 bridgehead atoms. The molecule has 2 nitrogen and oxygen atoms in total. The summed E-state index contributed by atoms with van der Waals surface area (Å²) in [6, 6.07) is 0. The van der Waals surface area contributed by atoms with Gasteiger partial charge < -0.3 is 5.73 Å². The molecule has 0 saturated heterocycles. The maximum Gasteiger partial charge on any atom is 0.0648 e. The summed E-state index contributed by atoms with van der Waals surface area (Å²) in [7, 11) is 0. The summed E-state index contributed by atoms with van der Waals surface area (Å²) in [6.07, 6.45) is 4.45. The third-order valence-electron chi connectivity index (χ3n) is 1.03. The van der Waals surface area contributed by atoms with Crippen molar-refractivity contribution in [1.29, 1.82) is 0 Å². The lowest BCUT2D eigenvalue weighted by Crippen LogP contribution is -2.31. The van der Waals surface area contributed by atoms with E-state index in [1.807, 2.05) is 5.41 Å². The van der Waals surface area contributed by atoms with Crippen LogP contribution in [0.5, 0.6) is 0 Å². The molecule has 0 saturated carbocycles. The first-order valence-electron chi connectivity index (χ1n) is 2.71. The second-order valence-electron chi connectivity index (χ2n) is 1.79. The van der Waals surface area contributed by atoms with Crippen LogP contribution in [0.4, 0.5) is 0 Å². The minimum atomic E-state index is 0.176. The first-order valence-corrected chi connectivity index (χ1v) is 3.59. The Morgan fingerprint density at radius 1 is 1.75 bits per heavy atom. The number of hydrogen-bond donors (Lipinski definition) is 2. The van der Waals surface area contributed by atoms with Crippen LogP contribution in [-0.4, -0.2) is 6.17 Å². The van der Waals surface area contributed by atoms with E-state index >= 15 is 0 Å². The fourth-order valence-corrected chi connectivity index (χ4v) is 1.18. The minimum absolute atomic E-state index is 0.176. The lowest BCUT2D eigenvalue weighted by Gasteiger charge is -2.05. The molecule has 1 aliphatic heterocycles. The van der Waals surface area contributed by atoms with Gasteiger partial charge >= 0.3 is 0 Å². The number of rotatable bonds is 0. The summed E-state index contributed by atoms with van der Waals surface area (Å²) in [4.78, 5) is 0. The molecule has 0 amide bonds. The van der Waals surface area contributed by atoms with E-state index in [0.717, 1.165) is 12.8 Å². The van der Waals surface area contributed by atoms with Gasteiger partial charge in [-0.3, -0.25) is 0 Å². The zero-order valence-electron chi connectivity index (χ0n) is 4.63. The van der Waals surface area contributed by atoms with E-state index in [2.05, 4.69) is 10.8 Å². The molecule has 1 unspecified atom stereocenters. The quantitative estimate of drug-likeness (QED) is 0.477. The standard InChI is InChI=1S/C5H10N2S/c6-5-3-1-2-4-8-7-5/h2,4-5,7H,1,3,6H2. The van der Waals surface area contributed by atoms with Crippen molar-refractivity contribution in [3.63, 3.8) is 0 Å². The predicted octanol–water partition coefficient (Wildman–Crippen LogP) is 0.817. The SMILES string of the molecule is NC1CCC=CSN1. The van der Waals surface area contributed by atoms with Gasteiger partial charge in [0, 0.05) is 0 Å². The molecule has 0 radical (unpaired) electrons. The van der Waals surface area contributed by atoms with Crippen molar-refractivity contribution < 1.29 is 0 Å².